The fourth-order valence-electron chi connectivity index (χ4n) is 4.22. The van der Waals surface area contributed by atoms with Gasteiger partial charge in [-0.3, -0.25) is 9.58 Å². The van der Waals surface area contributed by atoms with E-state index >= 15 is 0 Å². The predicted molar refractivity (Wildman–Crippen MR) is 116 cm³/mol. The Morgan fingerprint density at radius 3 is 2.45 bits per heavy atom. The van der Waals surface area contributed by atoms with Crippen LogP contribution in [0.4, 0.5) is 0 Å². The van der Waals surface area contributed by atoms with E-state index in [1.807, 2.05) is 24.0 Å². The summed E-state index contributed by atoms with van der Waals surface area (Å²) < 4.78 is 7.35. The van der Waals surface area contributed by atoms with Gasteiger partial charge in [-0.2, -0.15) is 5.10 Å². The Kier molecular flexibility index (Phi) is 6.27. The number of methoxy groups -OCH3 is 1. The topological polar surface area (TPSA) is 33.5 Å². The predicted octanol–water partition coefficient (Wildman–Crippen LogP) is 3.38. The number of nitrogens with zero attached hydrogens (tertiary/aromatic N) is 4. The highest BCUT2D eigenvalue weighted by molar-refractivity contribution is 5.29. The van der Waals surface area contributed by atoms with Crippen molar-refractivity contribution in [3.8, 4) is 5.75 Å². The van der Waals surface area contributed by atoms with Gasteiger partial charge in [0.05, 0.1) is 18.8 Å². The summed E-state index contributed by atoms with van der Waals surface area (Å²) in [5.41, 5.74) is 3.92. The molecule has 0 radical (unpaired) electrons. The average molecular weight is 391 g/mol. The summed E-state index contributed by atoms with van der Waals surface area (Å²) in [6, 6.07) is 21.6. The number of aryl methyl sites for hydroxylation is 1. The molecule has 0 aliphatic carbocycles. The van der Waals surface area contributed by atoms with Crippen molar-refractivity contribution in [1.82, 2.24) is 19.6 Å². The monoisotopic (exact) mass is 390 g/mol. The molecule has 152 valence electrons. The summed E-state index contributed by atoms with van der Waals surface area (Å²) in [5.74, 6) is 0.939. The van der Waals surface area contributed by atoms with Gasteiger partial charge in [-0.15, -0.1) is 0 Å². The van der Waals surface area contributed by atoms with Crippen LogP contribution in [0.5, 0.6) is 5.75 Å². The van der Waals surface area contributed by atoms with E-state index in [9.17, 15) is 0 Å². The summed E-state index contributed by atoms with van der Waals surface area (Å²) in [6.07, 6.45) is 2.96. The average Bonchev–Trinajstić information content (AvgIpc) is 3.20. The Bertz CT molecular complexity index is 900. The molecule has 1 aromatic heterocycles. The van der Waals surface area contributed by atoms with Crippen LogP contribution in [0.15, 0.2) is 66.9 Å². The molecule has 2 heterocycles. The molecular formula is C24H30N4O. The van der Waals surface area contributed by atoms with E-state index in [-0.39, 0.29) is 6.04 Å². The van der Waals surface area contributed by atoms with Crippen molar-refractivity contribution in [2.45, 2.75) is 12.5 Å². The molecule has 0 bridgehead atoms. The molecule has 4 rings (SSSR count). The first-order valence-electron chi connectivity index (χ1n) is 10.4. The SMILES string of the molecule is COc1cccc(CCN2CCN(C(c3ccccc3)c3ccnn3C)CC2)c1. The summed E-state index contributed by atoms with van der Waals surface area (Å²) in [7, 11) is 3.76. The van der Waals surface area contributed by atoms with E-state index in [1.54, 1.807) is 7.11 Å². The van der Waals surface area contributed by atoms with Crippen molar-refractivity contribution >= 4 is 0 Å². The molecule has 1 atom stereocenters. The zero-order valence-corrected chi connectivity index (χ0v) is 17.4. The second-order valence-corrected chi connectivity index (χ2v) is 7.67. The van der Waals surface area contributed by atoms with Crippen molar-refractivity contribution < 1.29 is 4.74 Å². The molecule has 3 aromatic rings. The number of aromatic nitrogens is 2. The maximum atomic E-state index is 5.35. The van der Waals surface area contributed by atoms with E-state index in [2.05, 4.69) is 69.5 Å². The van der Waals surface area contributed by atoms with Gasteiger partial charge in [0, 0.05) is 46.0 Å². The normalized spacial score (nSPS) is 16.6. The van der Waals surface area contributed by atoms with Gasteiger partial charge >= 0.3 is 0 Å². The van der Waals surface area contributed by atoms with Crippen molar-refractivity contribution in [1.29, 1.82) is 0 Å². The van der Waals surface area contributed by atoms with Crippen LogP contribution in [0.3, 0.4) is 0 Å². The first-order chi connectivity index (χ1) is 14.2. The van der Waals surface area contributed by atoms with Crippen LogP contribution in [0.1, 0.15) is 22.9 Å². The summed E-state index contributed by atoms with van der Waals surface area (Å²) in [4.78, 5) is 5.16. The molecule has 5 heteroatoms. The highest BCUT2D eigenvalue weighted by Crippen LogP contribution is 2.29. The summed E-state index contributed by atoms with van der Waals surface area (Å²) in [5, 5.41) is 4.42. The van der Waals surface area contributed by atoms with Gasteiger partial charge in [-0.1, -0.05) is 42.5 Å². The quantitative estimate of drug-likeness (QED) is 0.619. The van der Waals surface area contributed by atoms with Crippen molar-refractivity contribution in [3.63, 3.8) is 0 Å². The minimum absolute atomic E-state index is 0.254. The third-order valence-electron chi connectivity index (χ3n) is 5.88. The standard InChI is InChI=1S/C24H30N4O/c1-26-23(11-13-25-26)24(21-8-4-3-5-9-21)28-17-15-27(16-18-28)14-12-20-7-6-10-22(19-20)29-2/h3-11,13,19,24H,12,14-18H2,1-2H3. The van der Waals surface area contributed by atoms with Crippen molar-refractivity contribution in [2.75, 3.05) is 39.8 Å². The molecule has 0 amide bonds. The number of rotatable bonds is 7. The lowest BCUT2D eigenvalue weighted by molar-refractivity contribution is 0.107. The Labute approximate surface area is 173 Å². The van der Waals surface area contributed by atoms with E-state index in [0.717, 1.165) is 44.9 Å². The Morgan fingerprint density at radius 1 is 0.966 bits per heavy atom. The highest BCUT2D eigenvalue weighted by Gasteiger charge is 2.28. The van der Waals surface area contributed by atoms with E-state index in [4.69, 9.17) is 4.74 Å². The molecule has 29 heavy (non-hydrogen) atoms. The van der Waals surface area contributed by atoms with Crippen LogP contribution in [-0.2, 0) is 13.5 Å². The molecule has 2 aromatic carbocycles. The zero-order chi connectivity index (χ0) is 20.1. The Morgan fingerprint density at radius 2 is 1.76 bits per heavy atom. The summed E-state index contributed by atoms with van der Waals surface area (Å²) >= 11 is 0. The number of hydrogen-bond acceptors (Lipinski definition) is 4. The maximum absolute atomic E-state index is 5.35. The Hall–Kier alpha value is -2.63. The lowest BCUT2D eigenvalue weighted by Crippen LogP contribution is -2.48. The first-order valence-corrected chi connectivity index (χ1v) is 10.4. The number of ether oxygens (including phenoxy) is 1. The van der Waals surface area contributed by atoms with Crippen LogP contribution in [0.25, 0.3) is 0 Å². The summed E-state index contributed by atoms with van der Waals surface area (Å²) in [6.45, 7) is 5.38. The van der Waals surface area contributed by atoms with Crippen LogP contribution in [-0.4, -0.2) is 59.4 Å². The molecule has 0 N–H and O–H groups in total. The number of piperazine rings is 1. The van der Waals surface area contributed by atoms with Crippen LogP contribution < -0.4 is 4.74 Å². The first kappa shape index (κ1) is 19.7. The van der Waals surface area contributed by atoms with Crippen LogP contribution in [0.2, 0.25) is 0 Å². The smallest absolute Gasteiger partial charge is 0.119 e. The molecule has 1 unspecified atom stereocenters. The van der Waals surface area contributed by atoms with E-state index in [1.165, 1.54) is 16.8 Å². The molecule has 0 saturated carbocycles. The van der Waals surface area contributed by atoms with Gasteiger partial charge in [-0.25, -0.2) is 0 Å². The molecule has 1 fully saturated rings. The minimum Gasteiger partial charge on any atom is -0.497 e. The molecule has 0 spiro atoms. The third-order valence-corrected chi connectivity index (χ3v) is 5.88. The van der Waals surface area contributed by atoms with Gasteiger partial charge < -0.3 is 9.64 Å². The highest BCUT2D eigenvalue weighted by atomic mass is 16.5. The maximum Gasteiger partial charge on any atom is 0.119 e. The largest absolute Gasteiger partial charge is 0.497 e. The van der Waals surface area contributed by atoms with Gasteiger partial charge in [-0.05, 0) is 35.7 Å². The lowest BCUT2D eigenvalue weighted by atomic mass is 10.0. The molecule has 1 aliphatic heterocycles. The minimum atomic E-state index is 0.254. The third kappa shape index (κ3) is 4.69. The Balaban J connectivity index is 1.40. The molecule has 1 aliphatic rings. The van der Waals surface area contributed by atoms with Gasteiger partial charge in [0.25, 0.3) is 0 Å². The van der Waals surface area contributed by atoms with Gasteiger partial charge in [0.15, 0.2) is 0 Å². The fourth-order valence-corrected chi connectivity index (χ4v) is 4.22. The zero-order valence-electron chi connectivity index (χ0n) is 17.4. The molecular weight excluding hydrogens is 360 g/mol. The van der Waals surface area contributed by atoms with Gasteiger partial charge in [0.2, 0.25) is 0 Å². The molecule has 1 saturated heterocycles. The van der Waals surface area contributed by atoms with E-state index < -0.39 is 0 Å². The second kappa shape index (κ2) is 9.25. The van der Waals surface area contributed by atoms with Crippen LogP contribution >= 0.6 is 0 Å². The second-order valence-electron chi connectivity index (χ2n) is 7.67. The van der Waals surface area contributed by atoms with Crippen LogP contribution in [0, 0.1) is 0 Å². The van der Waals surface area contributed by atoms with E-state index in [0.29, 0.717) is 0 Å². The fraction of sp³-hybridized carbons (Fsp3) is 0.375. The lowest BCUT2D eigenvalue weighted by Gasteiger charge is -2.39. The van der Waals surface area contributed by atoms with Gasteiger partial charge in [0.1, 0.15) is 5.75 Å². The van der Waals surface area contributed by atoms with Crippen molar-refractivity contribution in [2.24, 2.45) is 7.05 Å². The molecule has 5 nitrogen and oxygen atoms in total. The number of benzene rings is 2. The number of hydrogen-bond donors (Lipinski definition) is 0. The van der Waals surface area contributed by atoms with Crippen molar-refractivity contribution in [3.05, 3.63) is 83.7 Å².